The third-order valence-corrected chi connectivity index (χ3v) is 4.97. The molecule has 5 nitrogen and oxygen atoms in total. The number of allylic oxidation sites excluding steroid dienone is 1. The smallest absolute Gasteiger partial charge is 0.293 e. The van der Waals surface area contributed by atoms with Gasteiger partial charge in [-0.2, -0.15) is 0 Å². The van der Waals surface area contributed by atoms with Crippen molar-refractivity contribution in [1.29, 1.82) is 0 Å². The largest absolute Gasteiger partial charge is 0.468 e. The summed E-state index contributed by atoms with van der Waals surface area (Å²) in [7, 11) is 0. The van der Waals surface area contributed by atoms with Gasteiger partial charge in [-0.05, 0) is 43.0 Å². The summed E-state index contributed by atoms with van der Waals surface area (Å²) in [6, 6.07) is 3.96. The molecule has 2 atom stereocenters. The van der Waals surface area contributed by atoms with Gasteiger partial charge in [-0.3, -0.25) is 13.7 Å². The summed E-state index contributed by atoms with van der Waals surface area (Å²) in [6.07, 6.45) is 4.75. The normalized spacial score (nSPS) is 18.9. The Labute approximate surface area is 145 Å². The van der Waals surface area contributed by atoms with E-state index in [2.05, 4.69) is 15.9 Å². The van der Waals surface area contributed by atoms with Crippen LogP contribution in [0.4, 0.5) is 10.1 Å². The van der Waals surface area contributed by atoms with Gasteiger partial charge < -0.3 is 4.74 Å². The van der Waals surface area contributed by atoms with E-state index in [4.69, 9.17) is 4.74 Å². The third-order valence-electron chi connectivity index (χ3n) is 3.69. The van der Waals surface area contributed by atoms with Gasteiger partial charge in [0.2, 0.25) is 0 Å². The monoisotopic (exact) mass is 405 g/mol. The highest BCUT2D eigenvalue weighted by atomic mass is 79.9. The van der Waals surface area contributed by atoms with E-state index >= 15 is 0 Å². The quantitative estimate of drug-likeness (QED) is 0.325. The standard InChI is InChI=1S/C15H17BrFNO4S/c16-12-5-6-15(13(17)9-12)18(23(20)21)14-4-2-1-3-11(14)7-8-22-10-19/h3,5-6,9-10,14H,1-2,4,7-8H2,(H,20,21). The van der Waals surface area contributed by atoms with Gasteiger partial charge in [0, 0.05) is 10.9 Å². The lowest BCUT2D eigenvalue weighted by atomic mass is 9.91. The predicted molar refractivity (Wildman–Crippen MR) is 89.7 cm³/mol. The molecule has 0 spiro atoms. The van der Waals surface area contributed by atoms with Gasteiger partial charge in [0.15, 0.2) is 0 Å². The SMILES string of the molecule is O=COCCC1=CCCCC1N(c1ccc(Br)cc1F)S(=O)O. The molecule has 2 unspecified atom stereocenters. The molecule has 1 N–H and O–H groups in total. The van der Waals surface area contributed by atoms with Crippen molar-refractivity contribution < 1.29 is 22.7 Å². The first kappa shape index (κ1) is 18.1. The van der Waals surface area contributed by atoms with Crippen molar-refractivity contribution in [1.82, 2.24) is 0 Å². The number of anilines is 1. The highest BCUT2D eigenvalue weighted by molar-refractivity contribution is 9.10. The van der Waals surface area contributed by atoms with Gasteiger partial charge in [0.05, 0.1) is 18.3 Å². The molecule has 1 aliphatic rings. The molecule has 0 bridgehead atoms. The van der Waals surface area contributed by atoms with E-state index in [0.29, 0.717) is 23.8 Å². The zero-order valence-electron chi connectivity index (χ0n) is 12.3. The second-order valence-electron chi connectivity index (χ2n) is 5.10. The molecule has 1 aromatic carbocycles. The highest BCUT2D eigenvalue weighted by Crippen LogP contribution is 2.33. The van der Waals surface area contributed by atoms with Crippen LogP contribution in [0.1, 0.15) is 25.7 Å². The average molecular weight is 406 g/mol. The van der Waals surface area contributed by atoms with E-state index in [1.807, 2.05) is 6.08 Å². The average Bonchev–Trinajstić information content (AvgIpc) is 2.51. The summed E-state index contributed by atoms with van der Waals surface area (Å²) in [5.74, 6) is -0.573. The molecule has 8 heteroatoms. The van der Waals surface area contributed by atoms with Gasteiger partial charge >= 0.3 is 0 Å². The van der Waals surface area contributed by atoms with E-state index < -0.39 is 23.1 Å². The van der Waals surface area contributed by atoms with Crippen molar-refractivity contribution >= 4 is 39.4 Å². The van der Waals surface area contributed by atoms with Crippen molar-refractivity contribution in [3.05, 3.63) is 40.1 Å². The number of hydrogen-bond donors (Lipinski definition) is 1. The Morgan fingerprint density at radius 2 is 2.30 bits per heavy atom. The second kappa shape index (κ2) is 8.56. The Bertz CT molecular complexity index is 625. The van der Waals surface area contributed by atoms with Crippen LogP contribution in [0, 0.1) is 5.82 Å². The molecular formula is C15H17BrFNO4S. The molecule has 0 aliphatic heterocycles. The minimum Gasteiger partial charge on any atom is -0.468 e. The molecule has 0 fully saturated rings. The number of hydrogen-bond acceptors (Lipinski definition) is 3. The zero-order valence-corrected chi connectivity index (χ0v) is 14.7. The van der Waals surface area contributed by atoms with Gasteiger partial charge in [0.1, 0.15) is 5.82 Å². The summed E-state index contributed by atoms with van der Waals surface area (Å²) in [4.78, 5) is 10.3. The number of halogens is 2. The lowest BCUT2D eigenvalue weighted by molar-refractivity contribution is -0.128. The van der Waals surface area contributed by atoms with Crippen LogP contribution in [0.15, 0.2) is 34.3 Å². The topological polar surface area (TPSA) is 66.8 Å². The Morgan fingerprint density at radius 3 is 2.96 bits per heavy atom. The van der Waals surface area contributed by atoms with E-state index in [9.17, 15) is 17.9 Å². The summed E-state index contributed by atoms with van der Waals surface area (Å²) in [5, 5.41) is 0. The Hall–Kier alpha value is -1.25. The molecule has 126 valence electrons. The maximum absolute atomic E-state index is 14.2. The van der Waals surface area contributed by atoms with Crippen molar-refractivity contribution in [3.63, 3.8) is 0 Å². The molecule has 0 saturated carbocycles. The molecule has 1 aromatic rings. The fourth-order valence-corrected chi connectivity index (χ4v) is 3.81. The summed E-state index contributed by atoms with van der Waals surface area (Å²) < 4.78 is 42.2. The minimum absolute atomic E-state index is 0.0724. The van der Waals surface area contributed by atoms with E-state index in [-0.39, 0.29) is 12.3 Å². The summed E-state index contributed by atoms with van der Waals surface area (Å²) in [6.45, 7) is 0.565. The summed E-state index contributed by atoms with van der Waals surface area (Å²) >= 11 is 0.805. The van der Waals surface area contributed by atoms with Crippen LogP contribution >= 0.6 is 15.9 Å². The number of rotatable bonds is 7. The first-order valence-electron chi connectivity index (χ1n) is 7.14. The fraction of sp³-hybridized carbons (Fsp3) is 0.400. The lowest BCUT2D eigenvalue weighted by Crippen LogP contribution is -2.40. The Balaban J connectivity index is 2.31. The molecule has 0 amide bonds. The molecule has 0 aromatic heterocycles. The van der Waals surface area contributed by atoms with Crippen molar-refractivity contribution in [3.8, 4) is 0 Å². The Morgan fingerprint density at radius 1 is 1.52 bits per heavy atom. The first-order valence-corrected chi connectivity index (χ1v) is 8.99. The maximum atomic E-state index is 14.2. The maximum Gasteiger partial charge on any atom is 0.293 e. The number of nitrogens with zero attached hydrogens (tertiary/aromatic N) is 1. The van der Waals surface area contributed by atoms with Gasteiger partial charge in [-0.1, -0.05) is 22.0 Å². The molecule has 0 radical (unpaired) electrons. The van der Waals surface area contributed by atoms with Crippen LogP contribution in [0.5, 0.6) is 0 Å². The molecule has 2 rings (SSSR count). The van der Waals surface area contributed by atoms with Gasteiger partial charge in [0.25, 0.3) is 17.7 Å². The lowest BCUT2D eigenvalue weighted by Gasteiger charge is -2.34. The Kier molecular flexibility index (Phi) is 6.73. The number of carbonyl (C=O) groups excluding carboxylic acids is 1. The molecular weight excluding hydrogens is 389 g/mol. The fourth-order valence-electron chi connectivity index (χ4n) is 2.70. The number of ether oxygens (including phenoxy) is 1. The van der Waals surface area contributed by atoms with E-state index in [1.54, 1.807) is 6.07 Å². The predicted octanol–water partition coefficient (Wildman–Crippen LogP) is 3.57. The van der Waals surface area contributed by atoms with Crippen LogP contribution in [0.25, 0.3) is 0 Å². The number of benzene rings is 1. The van der Waals surface area contributed by atoms with Crippen LogP contribution < -0.4 is 4.31 Å². The molecule has 23 heavy (non-hydrogen) atoms. The van der Waals surface area contributed by atoms with Crippen LogP contribution in [-0.2, 0) is 20.8 Å². The number of carbonyl (C=O) groups is 1. The first-order chi connectivity index (χ1) is 11.0. The minimum atomic E-state index is -2.37. The third kappa shape index (κ3) is 4.62. The second-order valence-corrected chi connectivity index (χ2v) is 6.87. The van der Waals surface area contributed by atoms with E-state index in [0.717, 1.165) is 18.4 Å². The van der Waals surface area contributed by atoms with Crippen LogP contribution in [-0.4, -0.2) is 27.9 Å². The molecule has 1 aliphatic carbocycles. The van der Waals surface area contributed by atoms with Crippen molar-refractivity contribution in [2.75, 3.05) is 10.9 Å². The summed E-state index contributed by atoms with van der Waals surface area (Å²) in [5.41, 5.74) is 0.950. The van der Waals surface area contributed by atoms with Gasteiger partial charge in [-0.15, -0.1) is 0 Å². The van der Waals surface area contributed by atoms with Crippen LogP contribution in [0.3, 0.4) is 0 Å². The molecule has 0 saturated heterocycles. The highest BCUT2D eigenvalue weighted by Gasteiger charge is 2.30. The zero-order chi connectivity index (χ0) is 16.8. The van der Waals surface area contributed by atoms with Crippen molar-refractivity contribution in [2.24, 2.45) is 0 Å². The van der Waals surface area contributed by atoms with E-state index in [1.165, 1.54) is 16.4 Å². The van der Waals surface area contributed by atoms with Gasteiger partial charge in [-0.25, -0.2) is 8.60 Å². The van der Waals surface area contributed by atoms with Crippen LogP contribution in [0.2, 0.25) is 0 Å². The van der Waals surface area contributed by atoms with Crippen molar-refractivity contribution in [2.45, 2.75) is 31.7 Å². The molecule has 0 heterocycles.